The quantitative estimate of drug-likeness (QED) is 0.597. The molecule has 0 radical (unpaired) electrons. The SMILES string of the molecule is CN1CCN(NC(=O)CCCOc2ccccc2N)CC1. The number of hydrogen-bond acceptors (Lipinski definition) is 5. The lowest BCUT2D eigenvalue weighted by molar-refractivity contribution is -0.126. The van der Waals surface area contributed by atoms with Crippen LogP contribution in [0.5, 0.6) is 5.75 Å². The van der Waals surface area contributed by atoms with Gasteiger partial charge in [-0.2, -0.15) is 0 Å². The standard InChI is InChI=1S/C15H24N4O2/c1-18-8-10-19(11-9-18)17-15(20)7-4-12-21-14-6-3-2-5-13(14)16/h2-3,5-6H,4,7-12,16H2,1H3,(H,17,20). The summed E-state index contributed by atoms with van der Waals surface area (Å²) in [5.41, 5.74) is 9.34. The highest BCUT2D eigenvalue weighted by Gasteiger charge is 2.15. The van der Waals surface area contributed by atoms with E-state index in [0.717, 1.165) is 26.2 Å². The third kappa shape index (κ3) is 5.24. The Labute approximate surface area is 125 Å². The first-order valence-corrected chi connectivity index (χ1v) is 7.35. The van der Waals surface area contributed by atoms with Crippen LogP contribution in [0.25, 0.3) is 0 Å². The number of nitrogens with zero attached hydrogens (tertiary/aromatic N) is 2. The van der Waals surface area contributed by atoms with Crippen molar-refractivity contribution >= 4 is 11.6 Å². The van der Waals surface area contributed by atoms with Crippen LogP contribution in [0.1, 0.15) is 12.8 Å². The van der Waals surface area contributed by atoms with Gasteiger partial charge in [0.15, 0.2) is 0 Å². The number of benzene rings is 1. The van der Waals surface area contributed by atoms with Gasteiger partial charge in [-0.1, -0.05) is 12.1 Å². The van der Waals surface area contributed by atoms with Crippen molar-refractivity contribution in [2.45, 2.75) is 12.8 Å². The van der Waals surface area contributed by atoms with Gasteiger partial charge >= 0.3 is 0 Å². The third-order valence-electron chi connectivity index (χ3n) is 3.51. The fourth-order valence-corrected chi connectivity index (χ4v) is 2.18. The second-order valence-corrected chi connectivity index (χ2v) is 5.32. The molecular formula is C15H24N4O2. The molecule has 1 aromatic carbocycles. The Kier molecular flexibility index (Phi) is 5.83. The zero-order valence-electron chi connectivity index (χ0n) is 12.5. The molecule has 1 aliphatic rings. The first-order valence-electron chi connectivity index (χ1n) is 7.35. The maximum absolute atomic E-state index is 11.8. The summed E-state index contributed by atoms with van der Waals surface area (Å²) < 4.78 is 5.57. The molecular weight excluding hydrogens is 268 g/mol. The van der Waals surface area contributed by atoms with E-state index in [0.29, 0.717) is 30.9 Å². The fourth-order valence-electron chi connectivity index (χ4n) is 2.18. The predicted molar refractivity (Wildman–Crippen MR) is 82.8 cm³/mol. The largest absolute Gasteiger partial charge is 0.491 e. The Morgan fingerprint density at radius 3 is 2.71 bits per heavy atom. The number of amides is 1. The fraction of sp³-hybridized carbons (Fsp3) is 0.533. The molecule has 0 saturated carbocycles. The number of carbonyl (C=O) groups excluding carboxylic acids is 1. The summed E-state index contributed by atoms with van der Waals surface area (Å²) in [6, 6.07) is 7.38. The maximum Gasteiger partial charge on any atom is 0.234 e. The van der Waals surface area contributed by atoms with Crippen LogP contribution in [0.15, 0.2) is 24.3 Å². The van der Waals surface area contributed by atoms with E-state index in [4.69, 9.17) is 10.5 Å². The summed E-state index contributed by atoms with van der Waals surface area (Å²) in [6.45, 7) is 4.20. The number of carbonyl (C=O) groups is 1. The zero-order chi connectivity index (χ0) is 15.1. The predicted octanol–water partition coefficient (Wildman–Crippen LogP) is 0.706. The van der Waals surface area contributed by atoms with E-state index in [1.807, 2.05) is 23.2 Å². The van der Waals surface area contributed by atoms with Gasteiger partial charge in [-0.05, 0) is 25.6 Å². The number of para-hydroxylation sites is 2. The van der Waals surface area contributed by atoms with Gasteiger partial charge in [0, 0.05) is 32.6 Å². The molecule has 0 bridgehead atoms. The Morgan fingerprint density at radius 2 is 2.00 bits per heavy atom. The molecule has 1 heterocycles. The molecule has 1 aromatic rings. The molecule has 1 amide bonds. The van der Waals surface area contributed by atoms with E-state index >= 15 is 0 Å². The monoisotopic (exact) mass is 292 g/mol. The number of nitrogen functional groups attached to an aromatic ring is 1. The molecule has 0 aliphatic carbocycles. The summed E-state index contributed by atoms with van der Waals surface area (Å²) in [6.07, 6.45) is 1.13. The van der Waals surface area contributed by atoms with Gasteiger partial charge in [0.1, 0.15) is 5.75 Å². The van der Waals surface area contributed by atoms with Crippen molar-refractivity contribution in [1.82, 2.24) is 15.3 Å². The van der Waals surface area contributed by atoms with Crippen LogP contribution < -0.4 is 15.9 Å². The van der Waals surface area contributed by atoms with Crippen molar-refractivity contribution in [2.75, 3.05) is 45.6 Å². The molecule has 1 aliphatic heterocycles. The number of rotatable bonds is 6. The minimum absolute atomic E-state index is 0.0455. The molecule has 0 spiro atoms. The number of nitrogens with two attached hydrogens (primary N) is 1. The van der Waals surface area contributed by atoms with Gasteiger partial charge in [-0.25, -0.2) is 5.01 Å². The van der Waals surface area contributed by atoms with Gasteiger partial charge in [-0.3, -0.25) is 10.2 Å². The Morgan fingerprint density at radius 1 is 1.29 bits per heavy atom. The first-order chi connectivity index (χ1) is 10.1. The number of piperazine rings is 1. The van der Waals surface area contributed by atoms with Gasteiger partial charge in [-0.15, -0.1) is 0 Å². The smallest absolute Gasteiger partial charge is 0.234 e. The molecule has 21 heavy (non-hydrogen) atoms. The molecule has 1 saturated heterocycles. The van der Waals surface area contributed by atoms with Gasteiger partial charge in [0.2, 0.25) is 5.91 Å². The van der Waals surface area contributed by atoms with Crippen LogP contribution in [0.2, 0.25) is 0 Å². The van der Waals surface area contributed by atoms with Crippen LogP contribution in [0.4, 0.5) is 5.69 Å². The van der Waals surface area contributed by atoms with Crippen LogP contribution in [0.3, 0.4) is 0 Å². The Balaban J connectivity index is 1.60. The second-order valence-electron chi connectivity index (χ2n) is 5.32. The van der Waals surface area contributed by atoms with E-state index in [-0.39, 0.29) is 5.91 Å². The average Bonchev–Trinajstić information content (AvgIpc) is 2.48. The summed E-state index contributed by atoms with van der Waals surface area (Å²) in [5.74, 6) is 0.723. The highest BCUT2D eigenvalue weighted by atomic mass is 16.5. The number of hydrogen-bond donors (Lipinski definition) is 2. The van der Waals surface area contributed by atoms with Crippen molar-refractivity contribution in [3.05, 3.63) is 24.3 Å². The van der Waals surface area contributed by atoms with Crippen LogP contribution >= 0.6 is 0 Å². The van der Waals surface area contributed by atoms with Gasteiger partial charge < -0.3 is 15.4 Å². The maximum atomic E-state index is 11.8. The summed E-state index contributed by atoms with van der Waals surface area (Å²) in [7, 11) is 2.09. The zero-order valence-corrected chi connectivity index (χ0v) is 12.5. The summed E-state index contributed by atoms with van der Waals surface area (Å²) in [4.78, 5) is 14.1. The van der Waals surface area contributed by atoms with Crippen molar-refractivity contribution in [3.63, 3.8) is 0 Å². The number of likely N-dealkylation sites (N-methyl/N-ethyl adjacent to an activating group) is 1. The number of nitrogens with one attached hydrogen (secondary N) is 1. The molecule has 0 atom stereocenters. The highest BCUT2D eigenvalue weighted by Crippen LogP contribution is 2.19. The van der Waals surface area contributed by atoms with Crippen molar-refractivity contribution in [1.29, 1.82) is 0 Å². The average molecular weight is 292 g/mol. The highest BCUT2D eigenvalue weighted by molar-refractivity contribution is 5.75. The second kappa shape index (κ2) is 7.85. The number of ether oxygens (including phenoxy) is 1. The molecule has 116 valence electrons. The topological polar surface area (TPSA) is 70.8 Å². The minimum Gasteiger partial charge on any atom is -0.491 e. The van der Waals surface area contributed by atoms with E-state index in [9.17, 15) is 4.79 Å². The van der Waals surface area contributed by atoms with E-state index < -0.39 is 0 Å². The third-order valence-corrected chi connectivity index (χ3v) is 3.51. The first kappa shape index (κ1) is 15.6. The Hall–Kier alpha value is -1.79. The normalized spacial score (nSPS) is 16.6. The number of hydrazine groups is 1. The van der Waals surface area contributed by atoms with Gasteiger partial charge in [0.25, 0.3) is 0 Å². The number of anilines is 1. The van der Waals surface area contributed by atoms with E-state index in [1.54, 1.807) is 6.07 Å². The van der Waals surface area contributed by atoms with Crippen LogP contribution in [0, 0.1) is 0 Å². The minimum atomic E-state index is 0.0455. The van der Waals surface area contributed by atoms with Crippen molar-refractivity contribution in [3.8, 4) is 5.75 Å². The lowest BCUT2D eigenvalue weighted by atomic mass is 10.3. The molecule has 1 fully saturated rings. The van der Waals surface area contributed by atoms with E-state index in [2.05, 4.69) is 17.4 Å². The lowest BCUT2D eigenvalue weighted by Crippen LogP contribution is -2.52. The molecule has 6 nitrogen and oxygen atoms in total. The molecule has 2 rings (SSSR count). The summed E-state index contributed by atoms with van der Waals surface area (Å²) >= 11 is 0. The van der Waals surface area contributed by atoms with Crippen LogP contribution in [-0.2, 0) is 4.79 Å². The van der Waals surface area contributed by atoms with Crippen molar-refractivity contribution < 1.29 is 9.53 Å². The van der Waals surface area contributed by atoms with Crippen molar-refractivity contribution in [2.24, 2.45) is 0 Å². The van der Waals surface area contributed by atoms with E-state index in [1.165, 1.54) is 0 Å². The molecule has 0 aromatic heterocycles. The van der Waals surface area contributed by atoms with Crippen LogP contribution in [-0.4, -0.2) is 55.6 Å². The summed E-state index contributed by atoms with van der Waals surface area (Å²) in [5, 5.41) is 1.98. The lowest BCUT2D eigenvalue weighted by Gasteiger charge is -2.32. The molecule has 3 N–H and O–H groups in total. The molecule has 6 heteroatoms. The van der Waals surface area contributed by atoms with Gasteiger partial charge in [0.05, 0.1) is 12.3 Å². The molecule has 0 unspecified atom stereocenters. The Bertz CT molecular complexity index is 459.